The average molecular weight is 284 g/mol. The van der Waals surface area contributed by atoms with Gasteiger partial charge in [-0.1, -0.05) is 27.7 Å². The van der Waals surface area contributed by atoms with Crippen LogP contribution in [-0.4, -0.2) is 27.3 Å². The predicted molar refractivity (Wildman–Crippen MR) is 87.0 cm³/mol. The molecule has 19 heavy (non-hydrogen) atoms. The number of anilines is 2. The number of aromatic nitrogens is 2. The van der Waals surface area contributed by atoms with Gasteiger partial charge in [-0.25, -0.2) is 0 Å². The van der Waals surface area contributed by atoms with E-state index in [4.69, 9.17) is 5.73 Å². The third-order valence-electron chi connectivity index (χ3n) is 3.96. The minimum absolute atomic E-state index is 0.273. The van der Waals surface area contributed by atoms with Gasteiger partial charge in [0.2, 0.25) is 0 Å². The molecule has 0 fully saturated rings. The van der Waals surface area contributed by atoms with Gasteiger partial charge in [0.1, 0.15) is 5.82 Å². The van der Waals surface area contributed by atoms with E-state index in [0.717, 1.165) is 36.6 Å². The maximum atomic E-state index is 6.21. The summed E-state index contributed by atoms with van der Waals surface area (Å²) < 4.78 is 2.13. The van der Waals surface area contributed by atoms with Crippen molar-refractivity contribution in [3.8, 4) is 0 Å². The molecule has 0 aliphatic heterocycles. The van der Waals surface area contributed by atoms with Gasteiger partial charge >= 0.3 is 0 Å². The Hall–Kier alpha value is -0.840. The molecule has 0 aliphatic rings. The van der Waals surface area contributed by atoms with Crippen LogP contribution in [-0.2, 0) is 7.05 Å². The monoisotopic (exact) mass is 284 g/mol. The molecule has 0 atom stereocenters. The third-order valence-corrected chi connectivity index (χ3v) is 5.55. The van der Waals surface area contributed by atoms with Gasteiger partial charge in [0.25, 0.3) is 0 Å². The lowest BCUT2D eigenvalue weighted by atomic mass is 10.0. The van der Waals surface area contributed by atoms with Gasteiger partial charge in [0.05, 0.1) is 11.4 Å². The number of hydrogen-bond acceptors (Lipinski definition) is 4. The Morgan fingerprint density at radius 1 is 1.37 bits per heavy atom. The van der Waals surface area contributed by atoms with Crippen molar-refractivity contribution < 1.29 is 0 Å². The van der Waals surface area contributed by atoms with Crippen LogP contribution < -0.4 is 11.1 Å². The van der Waals surface area contributed by atoms with Gasteiger partial charge in [-0.15, -0.1) is 0 Å². The molecule has 1 aromatic heterocycles. The molecule has 0 amide bonds. The van der Waals surface area contributed by atoms with Gasteiger partial charge in [-0.2, -0.15) is 16.9 Å². The van der Waals surface area contributed by atoms with E-state index in [0.29, 0.717) is 5.92 Å². The Morgan fingerprint density at radius 2 is 1.95 bits per heavy atom. The van der Waals surface area contributed by atoms with Crippen molar-refractivity contribution in [3.63, 3.8) is 0 Å². The SMILES string of the molecule is CCC(CC)(CNc1c(N)c(C(C)C)nn1C)SC. The van der Waals surface area contributed by atoms with Crippen LogP contribution >= 0.6 is 11.8 Å². The average Bonchev–Trinajstić information content (AvgIpc) is 2.68. The molecule has 4 nitrogen and oxygen atoms in total. The smallest absolute Gasteiger partial charge is 0.147 e. The fourth-order valence-corrected chi connectivity index (χ4v) is 3.10. The molecule has 1 aromatic rings. The first kappa shape index (κ1) is 16.2. The molecule has 1 rings (SSSR count). The molecule has 0 aromatic carbocycles. The second-order valence-corrected chi connectivity index (χ2v) is 6.65. The van der Waals surface area contributed by atoms with Crippen LogP contribution in [0.25, 0.3) is 0 Å². The van der Waals surface area contributed by atoms with E-state index >= 15 is 0 Å². The highest BCUT2D eigenvalue weighted by Crippen LogP contribution is 2.33. The van der Waals surface area contributed by atoms with E-state index in [1.54, 1.807) is 0 Å². The molecule has 0 saturated heterocycles. The number of nitrogens with two attached hydrogens (primary N) is 1. The van der Waals surface area contributed by atoms with Gasteiger partial charge in [-0.05, 0) is 25.0 Å². The number of rotatable bonds is 7. The zero-order chi connectivity index (χ0) is 14.6. The first-order valence-electron chi connectivity index (χ1n) is 7.02. The lowest BCUT2D eigenvalue weighted by Crippen LogP contribution is -2.32. The summed E-state index contributed by atoms with van der Waals surface area (Å²) in [5.41, 5.74) is 7.98. The van der Waals surface area contributed by atoms with Crippen molar-refractivity contribution in [1.82, 2.24) is 9.78 Å². The molecule has 0 radical (unpaired) electrons. The van der Waals surface area contributed by atoms with Gasteiger partial charge in [0, 0.05) is 18.3 Å². The second-order valence-electron chi connectivity index (χ2n) is 5.37. The van der Waals surface area contributed by atoms with Gasteiger partial charge in [-0.3, -0.25) is 4.68 Å². The Bertz CT molecular complexity index is 400. The Kier molecular flexibility index (Phi) is 5.59. The Morgan fingerprint density at radius 3 is 2.32 bits per heavy atom. The first-order valence-corrected chi connectivity index (χ1v) is 8.24. The van der Waals surface area contributed by atoms with E-state index in [-0.39, 0.29) is 4.75 Å². The minimum atomic E-state index is 0.273. The number of nitrogen functional groups attached to an aromatic ring is 1. The highest BCUT2D eigenvalue weighted by Gasteiger charge is 2.26. The van der Waals surface area contributed by atoms with Crippen LogP contribution in [0.5, 0.6) is 0 Å². The summed E-state index contributed by atoms with van der Waals surface area (Å²) >= 11 is 1.93. The highest BCUT2D eigenvalue weighted by molar-refractivity contribution is 8.00. The summed E-state index contributed by atoms with van der Waals surface area (Å²) in [5, 5.41) is 8.02. The summed E-state index contributed by atoms with van der Waals surface area (Å²) in [6.45, 7) is 9.64. The zero-order valence-electron chi connectivity index (χ0n) is 13.1. The van der Waals surface area contributed by atoms with Crippen LogP contribution in [0.15, 0.2) is 0 Å². The lowest BCUT2D eigenvalue weighted by Gasteiger charge is -2.30. The number of nitrogens with zero attached hydrogens (tertiary/aromatic N) is 2. The molecule has 110 valence electrons. The Labute approximate surface area is 121 Å². The van der Waals surface area contributed by atoms with E-state index in [9.17, 15) is 0 Å². The minimum Gasteiger partial charge on any atom is -0.394 e. The summed E-state index contributed by atoms with van der Waals surface area (Å²) in [6, 6.07) is 0. The molecule has 3 N–H and O–H groups in total. The van der Waals surface area contributed by atoms with Crippen molar-refractivity contribution in [2.45, 2.75) is 51.2 Å². The molecule has 0 spiro atoms. The normalized spacial score (nSPS) is 12.2. The molecule has 0 bridgehead atoms. The highest BCUT2D eigenvalue weighted by atomic mass is 32.2. The van der Waals surface area contributed by atoms with Crippen molar-refractivity contribution in [1.29, 1.82) is 0 Å². The molecular formula is C14H28N4S. The standard InChI is InChI=1S/C14H28N4S/c1-7-14(8-2,19-6)9-16-13-11(15)12(10(3)4)17-18(13)5/h10,16H,7-9,15H2,1-6H3. The first-order chi connectivity index (χ1) is 8.90. The molecular weight excluding hydrogens is 256 g/mol. The topological polar surface area (TPSA) is 55.9 Å². The van der Waals surface area contributed by atoms with E-state index in [2.05, 4.69) is 44.4 Å². The zero-order valence-corrected chi connectivity index (χ0v) is 13.9. The lowest BCUT2D eigenvalue weighted by molar-refractivity contribution is 0.571. The summed E-state index contributed by atoms with van der Waals surface area (Å²) in [5.74, 6) is 1.30. The quantitative estimate of drug-likeness (QED) is 0.805. The van der Waals surface area contributed by atoms with Gasteiger partial charge < -0.3 is 11.1 Å². The van der Waals surface area contributed by atoms with Gasteiger partial charge in [0.15, 0.2) is 0 Å². The van der Waals surface area contributed by atoms with Crippen molar-refractivity contribution in [3.05, 3.63) is 5.69 Å². The van der Waals surface area contributed by atoms with Crippen molar-refractivity contribution in [2.75, 3.05) is 23.9 Å². The maximum Gasteiger partial charge on any atom is 0.147 e. The van der Waals surface area contributed by atoms with Crippen LogP contribution in [0, 0.1) is 0 Å². The van der Waals surface area contributed by atoms with Crippen molar-refractivity contribution in [2.24, 2.45) is 7.05 Å². The maximum absolute atomic E-state index is 6.21. The van der Waals surface area contributed by atoms with Crippen LogP contribution in [0.2, 0.25) is 0 Å². The Balaban J connectivity index is 2.89. The number of thioether (sulfide) groups is 1. The molecule has 0 unspecified atom stereocenters. The summed E-state index contributed by atoms with van der Waals surface area (Å²) in [4.78, 5) is 0. The van der Waals surface area contributed by atoms with Crippen molar-refractivity contribution >= 4 is 23.3 Å². The van der Waals surface area contributed by atoms with E-state index in [1.807, 2.05) is 23.5 Å². The van der Waals surface area contributed by atoms with Crippen LogP contribution in [0.4, 0.5) is 11.5 Å². The second kappa shape index (κ2) is 6.55. The molecule has 0 aliphatic carbocycles. The van der Waals surface area contributed by atoms with E-state index in [1.165, 1.54) is 0 Å². The van der Waals surface area contributed by atoms with E-state index < -0.39 is 0 Å². The third kappa shape index (κ3) is 3.38. The van der Waals surface area contributed by atoms with Crippen LogP contribution in [0.1, 0.15) is 52.1 Å². The fraction of sp³-hybridized carbons (Fsp3) is 0.786. The molecule has 5 heteroatoms. The number of aryl methyl sites for hydroxylation is 1. The summed E-state index contributed by atoms with van der Waals surface area (Å²) in [6.07, 6.45) is 4.47. The number of hydrogen-bond donors (Lipinski definition) is 2. The summed E-state index contributed by atoms with van der Waals surface area (Å²) in [7, 11) is 1.95. The fourth-order valence-electron chi connectivity index (χ4n) is 2.30. The predicted octanol–water partition coefficient (Wildman–Crippen LogP) is 3.46. The van der Waals surface area contributed by atoms with Crippen LogP contribution in [0.3, 0.4) is 0 Å². The number of nitrogens with one attached hydrogen (secondary N) is 1. The largest absolute Gasteiger partial charge is 0.394 e. The molecule has 1 heterocycles. The molecule has 0 saturated carbocycles.